The van der Waals surface area contributed by atoms with Crippen molar-refractivity contribution in [2.24, 2.45) is 0 Å². The van der Waals surface area contributed by atoms with Gasteiger partial charge in [0.2, 0.25) is 0 Å². The number of benzene rings is 5. The molecule has 4 heteroatoms. The van der Waals surface area contributed by atoms with Crippen molar-refractivity contribution in [1.82, 2.24) is 14.4 Å². The second-order valence-electron chi connectivity index (χ2n) is 16.1. The molecule has 0 amide bonds. The zero-order chi connectivity index (χ0) is 36.5. The molecule has 9 rings (SSSR count). The zero-order valence-corrected chi connectivity index (χ0v) is 33.7. The van der Waals surface area contributed by atoms with Crippen molar-refractivity contribution in [2.45, 2.75) is 52.4 Å². The Kier molecular flexibility index (Phi) is 8.90. The monoisotopic (exact) mass is 878 g/mol. The van der Waals surface area contributed by atoms with Crippen LogP contribution >= 0.6 is 0 Å². The van der Waals surface area contributed by atoms with E-state index < -0.39 is 0 Å². The fourth-order valence-corrected chi connectivity index (χ4v) is 7.75. The number of hydrogen-bond acceptors (Lipinski definition) is 2. The van der Waals surface area contributed by atoms with Crippen LogP contribution in [-0.2, 0) is 31.9 Å². The van der Waals surface area contributed by atoms with Crippen molar-refractivity contribution in [3.8, 4) is 33.8 Å². The SMILES string of the molecule is CC(C)(C)c1ccnc(-c2[c-]c(-c3ccc4c5ccccc5c5ccccc5c5ccccc5n5c(-c6cc(C(C)(C)C)ccn6)[c-]c3c45)ccc2)c1.[Pt+2]. The fraction of sp³-hybridized carbons (Fsp3) is 0.160. The van der Waals surface area contributed by atoms with Gasteiger partial charge in [0.1, 0.15) is 0 Å². The van der Waals surface area contributed by atoms with Crippen LogP contribution in [0.1, 0.15) is 52.7 Å². The van der Waals surface area contributed by atoms with E-state index in [-0.39, 0.29) is 31.9 Å². The maximum atomic E-state index is 5.04. The van der Waals surface area contributed by atoms with Crippen molar-refractivity contribution in [3.63, 3.8) is 0 Å². The first-order chi connectivity index (χ1) is 25.6. The van der Waals surface area contributed by atoms with E-state index in [0.29, 0.717) is 0 Å². The van der Waals surface area contributed by atoms with E-state index in [4.69, 9.17) is 9.97 Å². The van der Waals surface area contributed by atoms with Crippen LogP contribution in [0.5, 0.6) is 0 Å². The van der Waals surface area contributed by atoms with Crippen molar-refractivity contribution in [2.75, 3.05) is 0 Å². The number of fused-ring (bicyclic) bond motifs is 7. The third-order valence-corrected chi connectivity index (χ3v) is 10.6. The zero-order valence-electron chi connectivity index (χ0n) is 31.4. The summed E-state index contributed by atoms with van der Waals surface area (Å²) in [7, 11) is 0. The molecule has 266 valence electrons. The maximum Gasteiger partial charge on any atom is 2.00 e. The van der Waals surface area contributed by atoms with E-state index in [2.05, 4.69) is 185 Å². The predicted molar refractivity (Wildman–Crippen MR) is 223 cm³/mol. The standard InChI is InChI=1S/C50H41N3.Pt/c1-49(2,3)34-24-26-51-44(29-34)33-15-13-14-32(28-33)36-22-23-42-40-19-10-8-17-38(40)37-16-7-9-18-39(37)41-20-11-12-21-46(41)53-47(31-43(36)48(42)53)45-30-35(25-27-52-45)50(4,5)6;/h7-27,29-30H,1-6H3;/q-2;+2. The largest absolute Gasteiger partial charge is 2.00 e. The van der Waals surface area contributed by atoms with Crippen LogP contribution in [0, 0.1) is 12.1 Å². The van der Waals surface area contributed by atoms with Gasteiger partial charge in [0.05, 0.1) is 0 Å². The molecule has 0 aliphatic carbocycles. The summed E-state index contributed by atoms with van der Waals surface area (Å²) in [6, 6.07) is 53.7. The Morgan fingerprint density at radius 1 is 0.481 bits per heavy atom. The van der Waals surface area contributed by atoms with E-state index in [1.54, 1.807) is 0 Å². The Balaban J connectivity index is 0.00000413. The van der Waals surface area contributed by atoms with E-state index in [1.807, 2.05) is 12.4 Å². The molecule has 0 saturated heterocycles. The molecule has 0 atom stereocenters. The first-order valence-electron chi connectivity index (χ1n) is 18.4. The molecule has 4 aromatic heterocycles. The predicted octanol–water partition coefficient (Wildman–Crippen LogP) is 13.1. The van der Waals surface area contributed by atoms with Gasteiger partial charge in [-0.05, 0) is 78.3 Å². The van der Waals surface area contributed by atoms with Gasteiger partial charge in [-0.2, -0.15) is 0 Å². The van der Waals surface area contributed by atoms with Gasteiger partial charge >= 0.3 is 21.1 Å². The summed E-state index contributed by atoms with van der Waals surface area (Å²) in [5.41, 5.74) is 10.4. The molecule has 0 spiro atoms. The van der Waals surface area contributed by atoms with Crippen LogP contribution < -0.4 is 0 Å². The summed E-state index contributed by atoms with van der Waals surface area (Å²) >= 11 is 0. The van der Waals surface area contributed by atoms with Gasteiger partial charge in [0.15, 0.2) is 0 Å². The summed E-state index contributed by atoms with van der Waals surface area (Å²) in [6.45, 7) is 13.5. The van der Waals surface area contributed by atoms with E-state index in [1.165, 1.54) is 32.7 Å². The quantitative estimate of drug-likeness (QED) is 0.166. The minimum atomic E-state index is -0.0444. The molecule has 5 aromatic carbocycles. The van der Waals surface area contributed by atoms with Gasteiger partial charge in [-0.25, -0.2) is 0 Å². The number of rotatable bonds is 3. The number of nitrogens with zero attached hydrogens (tertiary/aromatic N) is 3. The second-order valence-corrected chi connectivity index (χ2v) is 16.1. The minimum absolute atomic E-state index is 0. The first-order valence-corrected chi connectivity index (χ1v) is 18.4. The molecular weight excluding hydrogens is 838 g/mol. The molecule has 4 heterocycles. The molecule has 0 fully saturated rings. The molecule has 0 aliphatic rings. The molecule has 54 heavy (non-hydrogen) atoms. The van der Waals surface area contributed by atoms with Crippen LogP contribution in [0.4, 0.5) is 0 Å². The van der Waals surface area contributed by atoms with Crippen LogP contribution in [0.25, 0.3) is 82.5 Å². The normalized spacial score (nSPS) is 12.1. The van der Waals surface area contributed by atoms with E-state index in [0.717, 1.165) is 61.0 Å². The van der Waals surface area contributed by atoms with Crippen molar-refractivity contribution < 1.29 is 21.1 Å². The topological polar surface area (TPSA) is 30.2 Å². The molecular formula is C50H41N3Pt. The molecule has 9 aromatic rings. The summed E-state index contributed by atoms with van der Waals surface area (Å²) in [5.74, 6) is 0. The van der Waals surface area contributed by atoms with Gasteiger partial charge in [0, 0.05) is 34.7 Å². The van der Waals surface area contributed by atoms with Crippen molar-refractivity contribution in [1.29, 1.82) is 0 Å². The smallest absolute Gasteiger partial charge is 0.365 e. The van der Waals surface area contributed by atoms with E-state index >= 15 is 0 Å². The Hall–Kier alpha value is -5.37. The average Bonchev–Trinajstić information content (AvgIpc) is 3.59. The molecule has 0 N–H and O–H groups in total. The second kappa shape index (κ2) is 13.5. The van der Waals surface area contributed by atoms with Gasteiger partial charge in [-0.3, -0.25) is 4.98 Å². The van der Waals surface area contributed by atoms with Gasteiger partial charge in [-0.15, -0.1) is 46.8 Å². The minimum Gasteiger partial charge on any atom is -0.365 e. The first kappa shape index (κ1) is 35.6. The third kappa shape index (κ3) is 6.05. The molecule has 0 aliphatic heterocycles. The molecule has 0 saturated carbocycles. The molecule has 0 radical (unpaired) electrons. The number of pyridine rings is 2. The summed E-state index contributed by atoms with van der Waals surface area (Å²) in [4.78, 5) is 9.83. The van der Waals surface area contributed by atoms with Crippen LogP contribution in [0.2, 0.25) is 0 Å². The average molecular weight is 879 g/mol. The maximum absolute atomic E-state index is 5.04. The Bertz CT molecular complexity index is 2920. The summed E-state index contributed by atoms with van der Waals surface area (Å²) in [6.07, 6.45) is 3.86. The Morgan fingerprint density at radius 2 is 1.00 bits per heavy atom. The van der Waals surface area contributed by atoms with Gasteiger partial charge in [0.25, 0.3) is 0 Å². The number of hydrogen-bond donors (Lipinski definition) is 0. The molecule has 3 nitrogen and oxygen atoms in total. The van der Waals surface area contributed by atoms with E-state index in [9.17, 15) is 0 Å². The molecule has 0 bridgehead atoms. The number of aromatic nitrogens is 3. The van der Waals surface area contributed by atoms with Crippen molar-refractivity contribution in [3.05, 3.63) is 163 Å². The van der Waals surface area contributed by atoms with Gasteiger partial charge < -0.3 is 9.38 Å². The Morgan fingerprint density at radius 3 is 1.63 bits per heavy atom. The van der Waals surface area contributed by atoms with Crippen molar-refractivity contribution >= 4 is 48.7 Å². The van der Waals surface area contributed by atoms with Crippen LogP contribution in [0.15, 0.2) is 140 Å². The number of para-hydroxylation sites is 1. The van der Waals surface area contributed by atoms with Crippen LogP contribution in [-0.4, -0.2) is 14.4 Å². The summed E-state index contributed by atoms with van der Waals surface area (Å²) in [5, 5.41) is 8.13. The van der Waals surface area contributed by atoms with Gasteiger partial charge in [-0.1, -0.05) is 138 Å². The fourth-order valence-electron chi connectivity index (χ4n) is 7.75. The summed E-state index contributed by atoms with van der Waals surface area (Å²) < 4.78 is 2.41. The molecule has 0 unspecified atom stereocenters. The Labute approximate surface area is 331 Å². The van der Waals surface area contributed by atoms with Crippen LogP contribution in [0.3, 0.4) is 0 Å². The third-order valence-electron chi connectivity index (χ3n) is 10.6.